The van der Waals surface area contributed by atoms with E-state index >= 15 is 0 Å². The van der Waals surface area contributed by atoms with E-state index in [0.29, 0.717) is 0 Å². The van der Waals surface area contributed by atoms with E-state index in [1.807, 2.05) is 0 Å². The fourth-order valence-electron chi connectivity index (χ4n) is 1.79. The molecular weight excluding hydrogens is 238 g/mol. The Bertz CT molecular complexity index is 406. The van der Waals surface area contributed by atoms with Crippen molar-refractivity contribution in [1.82, 2.24) is 15.3 Å². The van der Waals surface area contributed by atoms with Crippen LogP contribution in [-0.2, 0) is 0 Å². The van der Waals surface area contributed by atoms with Gasteiger partial charge in [-0.3, -0.25) is 9.78 Å². The molecule has 0 bridgehead atoms. The third-order valence-corrected chi connectivity index (χ3v) is 3.16. The van der Waals surface area contributed by atoms with E-state index in [1.165, 1.54) is 25.2 Å². The summed E-state index contributed by atoms with van der Waals surface area (Å²) in [5.74, 6) is 0.609. The first-order valence-electron chi connectivity index (χ1n) is 5.97. The van der Waals surface area contributed by atoms with Crippen LogP contribution in [0.3, 0.4) is 0 Å². The normalized spacial score (nSPS) is 16.6. The number of halogens is 1. The Hall–Kier alpha value is -1.16. The van der Waals surface area contributed by atoms with Gasteiger partial charge in [-0.2, -0.15) is 0 Å². The van der Waals surface area contributed by atoms with Crippen molar-refractivity contribution < 1.29 is 4.79 Å². The van der Waals surface area contributed by atoms with Gasteiger partial charge in [-0.25, -0.2) is 4.98 Å². The molecule has 1 saturated carbocycles. The molecule has 92 valence electrons. The van der Waals surface area contributed by atoms with Crippen molar-refractivity contribution in [1.29, 1.82) is 0 Å². The number of hydrogen-bond donors (Lipinski definition) is 1. The van der Waals surface area contributed by atoms with Crippen molar-refractivity contribution in [3.63, 3.8) is 0 Å². The lowest BCUT2D eigenvalue weighted by atomic mass is 10.1. The first-order chi connectivity index (χ1) is 8.19. The van der Waals surface area contributed by atoms with Crippen molar-refractivity contribution in [2.45, 2.75) is 38.6 Å². The maximum Gasteiger partial charge on any atom is 0.271 e. The summed E-state index contributed by atoms with van der Waals surface area (Å²) in [4.78, 5) is 19.7. The van der Waals surface area contributed by atoms with Crippen LogP contribution < -0.4 is 5.32 Å². The van der Waals surface area contributed by atoms with E-state index in [2.05, 4.69) is 22.2 Å². The van der Waals surface area contributed by atoms with E-state index in [9.17, 15) is 4.79 Å². The van der Waals surface area contributed by atoms with E-state index in [4.69, 9.17) is 11.6 Å². The van der Waals surface area contributed by atoms with Crippen molar-refractivity contribution in [3.8, 4) is 0 Å². The highest BCUT2D eigenvalue weighted by atomic mass is 35.5. The summed E-state index contributed by atoms with van der Waals surface area (Å²) in [5, 5.41) is 3.22. The topological polar surface area (TPSA) is 54.9 Å². The summed E-state index contributed by atoms with van der Waals surface area (Å²) in [6.45, 7) is 2.08. The lowest BCUT2D eigenvalue weighted by Gasteiger charge is -2.16. The van der Waals surface area contributed by atoms with Gasteiger partial charge in [0.25, 0.3) is 5.91 Å². The van der Waals surface area contributed by atoms with Gasteiger partial charge in [-0.05, 0) is 18.8 Å². The van der Waals surface area contributed by atoms with Gasteiger partial charge in [0.05, 0.1) is 12.4 Å². The summed E-state index contributed by atoms with van der Waals surface area (Å²) in [7, 11) is 0. The Morgan fingerprint density at radius 1 is 1.59 bits per heavy atom. The number of hydrogen-bond acceptors (Lipinski definition) is 3. The number of aromatic nitrogens is 2. The molecule has 0 aromatic carbocycles. The average Bonchev–Trinajstić information content (AvgIpc) is 3.12. The third kappa shape index (κ3) is 3.66. The molecule has 1 aromatic rings. The number of nitrogens with one attached hydrogen (secondary N) is 1. The fourth-order valence-corrected chi connectivity index (χ4v) is 1.94. The monoisotopic (exact) mass is 253 g/mol. The van der Waals surface area contributed by atoms with Gasteiger partial charge in [0, 0.05) is 6.04 Å². The lowest BCUT2D eigenvalue weighted by Crippen LogP contribution is -2.35. The minimum atomic E-state index is -0.187. The maximum absolute atomic E-state index is 11.9. The van der Waals surface area contributed by atoms with Crippen LogP contribution in [0.4, 0.5) is 0 Å². The molecule has 0 radical (unpaired) electrons. The summed E-state index contributed by atoms with van der Waals surface area (Å²) in [6, 6.07) is 0.232. The quantitative estimate of drug-likeness (QED) is 0.877. The Morgan fingerprint density at radius 2 is 2.35 bits per heavy atom. The Labute approximate surface area is 106 Å². The molecule has 0 saturated heterocycles. The zero-order chi connectivity index (χ0) is 12.3. The number of amides is 1. The molecule has 1 aliphatic carbocycles. The highest BCUT2D eigenvalue weighted by molar-refractivity contribution is 6.29. The summed E-state index contributed by atoms with van der Waals surface area (Å²) < 4.78 is 0. The van der Waals surface area contributed by atoms with Crippen molar-refractivity contribution in [3.05, 3.63) is 23.2 Å². The van der Waals surface area contributed by atoms with E-state index in [0.717, 1.165) is 18.8 Å². The number of carbonyl (C=O) groups excluding carboxylic acids is 1. The molecule has 17 heavy (non-hydrogen) atoms. The van der Waals surface area contributed by atoms with Crippen molar-refractivity contribution in [2.24, 2.45) is 5.92 Å². The molecule has 1 N–H and O–H groups in total. The molecule has 4 nitrogen and oxygen atoms in total. The average molecular weight is 254 g/mol. The first kappa shape index (κ1) is 12.3. The number of carbonyl (C=O) groups is 1. The summed E-state index contributed by atoms with van der Waals surface area (Å²) in [5.41, 5.74) is 0.284. The van der Waals surface area contributed by atoms with Gasteiger partial charge in [-0.15, -0.1) is 0 Å². The first-order valence-corrected chi connectivity index (χ1v) is 6.35. The summed E-state index contributed by atoms with van der Waals surface area (Å²) in [6.07, 6.45) is 7.45. The van der Waals surface area contributed by atoms with Gasteiger partial charge >= 0.3 is 0 Å². The molecule has 0 spiro atoms. The number of rotatable bonds is 5. The van der Waals surface area contributed by atoms with E-state index in [1.54, 1.807) is 0 Å². The van der Waals surface area contributed by atoms with Crippen LogP contribution in [-0.4, -0.2) is 21.9 Å². The smallest absolute Gasteiger partial charge is 0.271 e. The second-order valence-electron chi connectivity index (χ2n) is 4.48. The molecule has 5 heteroatoms. The van der Waals surface area contributed by atoms with Crippen LogP contribution in [0.1, 0.15) is 43.1 Å². The van der Waals surface area contributed by atoms with Gasteiger partial charge in [-0.1, -0.05) is 31.4 Å². The Kier molecular flexibility index (Phi) is 3.94. The van der Waals surface area contributed by atoms with E-state index in [-0.39, 0.29) is 22.8 Å². The van der Waals surface area contributed by atoms with Crippen molar-refractivity contribution >= 4 is 17.5 Å². The SMILES string of the molecule is CCC(CC1CC1)NC(=O)c1cncc(Cl)n1. The summed E-state index contributed by atoms with van der Waals surface area (Å²) >= 11 is 5.70. The molecule has 1 aliphatic rings. The molecule has 1 heterocycles. The molecule has 1 fully saturated rings. The Morgan fingerprint density at radius 3 is 2.94 bits per heavy atom. The number of nitrogens with zero attached hydrogens (tertiary/aromatic N) is 2. The fraction of sp³-hybridized carbons (Fsp3) is 0.583. The molecule has 1 atom stereocenters. The molecule has 0 aliphatic heterocycles. The molecule has 1 unspecified atom stereocenters. The zero-order valence-corrected chi connectivity index (χ0v) is 10.6. The van der Waals surface area contributed by atoms with Gasteiger partial charge in [0.15, 0.2) is 0 Å². The van der Waals surface area contributed by atoms with Gasteiger partial charge in [0.1, 0.15) is 10.8 Å². The highest BCUT2D eigenvalue weighted by Gasteiger charge is 2.25. The lowest BCUT2D eigenvalue weighted by molar-refractivity contribution is 0.0927. The second-order valence-corrected chi connectivity index (χ2v) is 4.87. The van der Waals surface area contributed by atoms with Gasteiger partial charge in [0.2, 0.25) is 0 Å². The zero-order valence-electron chi connectivity index (χ0n) is 9.82. The molecule has 1 amide bonds. The van der Waals surface area contributed by atoms with Crippen LogP contribution in [0.25, 0.3) is 0 Å². The van der Waals surface area contributed by atoms with Crippen LogP contribution in [0.15, 0.2) is 12.4 Å². The van der Waals surface area contributed by atoms with E-state index < -0.39 is 0 Å². The minimum Gasteiger partial charge on any atom is -0.348 e. The predicted molar refractivity (Wildman–Crippen MR) is 65.9 cm³/mol. The Balaban J connectivity index is 1.94. The van der Waals surface area contributed by atoms with Crippen LogP contribution >= 0.6 is 11.6 Å². The highest BCUT2D eigenvalue weighted by Crippen LogP contribution is 2.34. The standard InChI is InChI=1S/C12H16ClN3O/c1-2-9(5-8-3-4-8)15-12(17)10-6-14-7-11(13)16-10/h6-9H,2-5H2,1H3,(H,15,17). The van der Waals surface area contributed by atoms with Crippen LogP contribution in [0.2, 0.25) is 5.15 Å². The molecular formula is C12H16ClN3O. The predicted octanol–water partition coefficient (Wildman–Crippen LogP) is 2.44. The second kappa shape index (κ2) is 5.45. The van der Waals surface area contributed by atoms with Crippen molar-refractivity contribution in [2.75, 3.05) is 0 Å². The van der Waals surface area contributed by atoms with Crippen LogP contribution in [0, 0.1) is 5.92 Å². The third-order valence-electron chi connectivity index (χ3n) is 2.98. The van der Waals surface area contributed by atoms with Crippen LogP contribution in [0.5, 0.6) is 0 Å². The largest absolute Gasteiger partial charge is 0.348 e. The minimum absolute atomic E-state index is 0.187. The molecule has 2 rings (SSSR count). The maximum atomic E-state index is 11.9. The molecule has 1 aromatic heterocycles. The van der Waals surface area contributed by atoms with Gasteiger partial charge < -0.3 is 5.32 Å².